The third kappa shape index (κ3) is 8.90. The van der Waals surface area contributed by atoms with Crippen LogP contribution in [-0.4, -0.2) is 83.6 Å². The van der Waals surface area contributed by atoms with Crippen LogP contribution >= 0.6 is 11.6 Å². The van der Waals surface area contributed by atoms with Crippen molar-refractivity contribution < 1.29 is 19.0 Å². The highest BCUT2D eigenvalue weighted by atomic mass is 35.5. The van der Waals surface area contributed by atoms with Crippen LogP contribution in [0.1, 0.15) is 45.5 Å². The Bertz CT molecular complexity index is 1400. The summed E-state index contributed by atoms with van der Waals surface area (Å²) in [6.07, 6.45) is 0.568. The number of morpholine rings is 1. The second kappa shape index (κ2) is 13.9. The highest BCUT2D eigenvalue weighted by Gasteiger charge is 2.25. The lowest BCUT2D eigenvalue weighted by atomic mass is 10.1. The fraction of sp³-hybridized carbons (Fsp3) is 0.613. The molecule has 4 heterocycles. The van der Waals surface area contributed by atoms with Crippen LogP contribution in [0, 0.1) is 0 Å². The molecular formula is C31H47ClN6O4Si. The maximum absolute atomic E-state index is 12.8. The van der Waals surface area contributed by atoms with Crippen molar-refractivity contribution in [2.24, 2.45) is 0 Å². The Hall–Kier alpha value is -2.73. The van der Waals surface area contributed by atoms with Crippen molar-refractivity contribution in [3.63, 3.8) is 0 Å². The number of amides is 1. The highest BCUT2D eigenvalue weighted by molar-refractivity contribution is 6.76. The van der Waals surface area contributed by atoms with E-state index < -0.39 is 13.7 Å². The number of pyridine rings is 1. The number of anilines is 1. The minimum atomic E-state index is -1.24. The van der Waals surface area contributed by atoms with E-state index in [1.807, 2.05) is 45.0 Å². The Labute approximate surface area is 261 Å². The molecule has 1 aliphatic heterocycles. The number of ether oxygens (including phenoxy) is 3. The molecule has 0 saturated carbocycles. The second-order valence-electron chi connectivity index (χ2n) is 13.4. The first-order valence-electron chi connectivity index (χ1n) is 15.1. The first-order chi connectivity index (χ1) is 20.3. The van der Waals surface area contributed by atoms with Gasteiger partial charge < -0.3 is 28.6 Å². The monoisotopic (exact) mass is 630 g/mol. The molecule has 1 aliphatic rings. The Balaban J connectivity index is 1.68. The molecule has 1 atom stereocenters. The number of aromatic nitrogens is 4. The quantitative estimate of drug-likeness (QED) is 0.134. The third-order valence-electron chi connectivity index (χ3n) is 7.29. The summed E-state index contributed by atoms with van der Waals surface area (Å²) in [5, 5.41) is 0. The number of nitrogens with zero attached hydrogens (tertiary/aromatic N) is 6. The van der Waals surface area contributed by atoms with Gasteiger partial charge in [-0.15, -0.1) is 11.6 Å². The SMILES string of the molecule is CC[C@H]1COCCN1c1cc(CCl)nc(-c2ccc3c(cc(CN(C)C(=O)OC(C)(C)C)n3COCC[Si](C)(C)C)n2)n1. The average Bonchev–Trinajstić information content (AvgIpc) is 3.29. The lowest BCUT2D eigenvalue weighted by Gasteiger charge is -2.36. The number of hydrogen-bond donors (Lipinski definition) is 0. The molecule has 1 fully saturated rings. The molecule has 0 radical (unpaired) electrons. The molecule has 0 aliphatic carbocycles. The molecule has 0 aromatic carbocycles. The van der Waals surface area contributed by atoms with Crippen molar-refractivity contribution in [2.45, 2.75) is 90.6 Å². The van der Waals surface area contributed by atoms with Crippen LogP contribution < -0.4 is 4.90 Å². The van der Waals surface area contributed by atoms with E-state index in [2.05, 4.69) is 36.0 Å². The van der Waals surface area contributed by atoms with Gasteiger partial charge in [0, 0.05) is 40.0 Å². The topological polar surface area (TPSA) is 94.8 Å². The van der Waals surface area contributed by atoms with Crippen LogP contribution in [0.3, 0.4) is 0 Å². The van der Waals surface area contributed by atoms with Crippen LogP contribution in [0.2, 0.25) is 25.7 Å². The van der Waals surface area contributed by atoms with Gasteiger partial charge in [0.1, 0.15) is 23.8 Å². The molecule has 0 bridgehead atoms. The van der Waals surface area contributed by atoms with Gasteiger partial charge in [0.25, 0.3) is 0 Å². The van der Waals surface area contributed by atoms with Gasteiger partial charge in [-0.25, -0.2) is 19.7 Å². The number of hydrogen-bond acceptors (Lipinski definition) is 8. The molecule has 4 rings (SSSR count). The molecule has 1 saturated heterocycles. The number of carbonyl (C=O) groups is 1. The van der Waals surface area contributed by atoms with Crippen LogP contribution in [0.15, 0.2) is 24.3 Å². The van der Waals surface area contributed by atoms with E-state index in [9.17, 15) is 4.79 Å². The van der Waals surface area contributed by atoms with Gasteiger partial charge in [-0.1, -0.05) is 26.6 Å². The van der Waals surface area contributed by atoms with E-state index >= 15 is 0 Å². The van der Waals surface area contributed by atoms with Gasteiger partial charge in [-0.05, 0) is 51.4 Å². The first-order valence-corrected chi connectivity index (χ1v) is 19.3. The summed E-state index contributed by atoms with van der Waals surface area (Å²) < 4.78 is 19.5. The van der Waals surface area contributed by atoms with Crippen molar-refractivity contribution in [1.82, 2.24) is 24.4 Å². The van der Waals surface area contributed by atoms with Gasteiger partial charge >= 0.3 is 6.09 Å². The molecule has 3 aromatic heterocycles. The molecule has 236 valence electrons. The predicted molar refractivity (Wildman–Crippen MR) is 174 cm³/mol. The Morgan fingerprint density at radius 1 is 1.19 bits per heavy atom. The van der Waals surface area contributed by atoms with Gasteiger partial charge in [-0.3, -0.25) is 0 Å². The lowest BCUT2D eigenvalue weighted by molar-refractivity contribution is 0.0274. The number of rotatable bonds is 11. The minimum absolute atomic E-state index is 0.245. The molecular weight excluding hydrogens is 584 g/mol. The molecule has 12 heteroatoms. The predicted octanol–water partition coefficient (Wildman–Crippen LogP) is 6.53. The Morgan fingerprint density at radius 3 is 2.63 bits per heavy atom. The van der Waals surface area contributed by atoms with Crippen molar-refractivity contribution >= 4 is 42.6 Å². The standard InChI is InChI=1S/C31H47ClN6O4Si/c1-9-23-20-40-13-12-37(23)28-16-22(18-32)33-29(35-28)25-10-11-27-26(34-25)17-24(19-36(5)30(39)42-31(2,3)4)38(27)21-41-14-15-43(6,7)8/h10-11,16-17,23H,9,12-15,18-21H2,1-8H3/t23-/m0/s1. The molecule has 1 amide bonds. The maximum atomic E-state index is 12.8. The Kier molecular flexibility index (Phi) is 10.7. The summed E-state index contributed by atoms with van der Waals surface area (Å²) in [7, 11) is 0.502. The van der Waals surface area contributed by atoms with Gasteiger partial charge in [-0.2, -0.15) is 0 Å². The fourth-order valence-corrected chi connectivity index (χ4v) is 5.78. The molecule has 0 unspecified atom stereocenters. The van der Waals surface area contributed by atoms with E-state index in [4.69, 9.17) is 40.8 Å². The third-order valence-corrected chi connectivity index (χ3v) is 9.27. The zero-order valence-corrected chi connectivity index (χ0v) is 28.7. The van der Waals surface area contributed by atoms with Crippen molar-refractivity contribution in [1.29, 1.82) is 0 Å². The van der Waals surface area contributed by atoms with Gasteiger partial charge in [0.15, 0.2) is 5.82 Å². The number of carbonyl (C=O) groups excluding carboxylic acids is 1. The summed E-state index contributed by atoms with van der Waals surface area (Å²) in [6, 6.07) is 9.24. The van der Waals surface area contributed by atoms with Crippen molar-refractivity contribution in [3.8, 4) is 11.5 Å². The van der Waals surface area contributed by atoms with Crippen LogP contribution in [0.25, 0.3) is 22.6 Å². The summed E-state index contributed by atoms with van der Waals surface area (Å²) in [5.41, 5.74) is 3.42. The largest absolute Gasteiger partial charge is 0.444 e. The smallest absolute Gasteiger partial charge is 0.410 e. The van der Waals surface area contributed by atoms with Crippen molar-refractivity contribution in [2.75, 3.05) is 38.3 Å². The van der Waals surface area contributed by atoms with Crippen LogP contribution in [0.4, 0.5) is 10.6 Å². The van der Waals surface area contributed by atoms with Crippen LogP contribution in [-0.2, 0) is 33.4 Å². The minimum Gasteiger partial charge on any atom is -0.444 e. The summed E-state index contributed by atoms with van der Waals surface area (Å²) in [6.45, 7) is 18.2. The van der Waals surface area contributed by atoms with E-state index in [-0.39, 0.29) is 18.0 Å². The van der Waals surface area contributed by atoms with E-state index in [1.54, 1.807) is 11.9 Å². The fourth-order valence-electron chi connectivity index (χ4n) is 4.89. The summed E-state index contributed by atoms with van der Waals surface area (Å²) in [4.78, 5) is 31.3. The van der Waals surface area contributed by atoms with Gasteiger partial charge in [0.2, 0.25) is 0 Å². The number of fused-ring (bicyclic) bond motifs is 1. The van der Waals surface area contributed by atoms with Crippen molar-refractivity contribution in [3.05, 3.63) is 35.7 Å². The van der Waals surface area contributed by atoms with E-state index in [0.29, 0.717) is 44.6 Å². The second-order valence-corrected chi connectivity index (χ2v) is 19.2. The summed E-state index contributed by atoms with van der Waals surface area (Å²) in [5.74, 6) is 1.65. The van der Waals surface area contributed by atoms with E-state index in [1.165, 1.54) is 0 Å². The zero-order valence-electron chi connectivity index (χ0n) is 26.9. The lowest BCUT2D eigenvalue weighted by Crippen LogP contribution is -2.45. The molecule has 0 spiro atoms. The maximum Gasteiger partial charge on any atom is 0.410 e. The normalized spacial score (nSPS) is 16.1. The average molecular weight is 631 g/mol. The first kappa shape index (κ1) is 33.2. The van der Waals surface area contributed by atoms with Gasteiger partial charge in [0.05, 0.1) is 48.4 Å². The molecule has 0 N–H and O–H groups in total. The number of halogens is 1. The zero-order chi connectivity index (χ0) is 31.4. The summed E-state index contributed by atoms with van der Waals surface area (Å²) >= 11 is 6.28. The number of alkyl halides is 1. The molecule has 10 nitrogen and oxygen atoms in total. The molecule has 3 aromatic rings. The molecule has 43 heavy (non-hydrogen) atoms. The van der Waals surface area contributed by atoms with E-state index in [0.717, 1.165) is 47.2 Å². The highest BCUT2D eigenvalue weighted by Crippen LogP contribution is 2.27. The van der Waals surface area contributed by atoms with Crippen LogP contribution in [0.5, 0.6) is 0 Å². The Morgan fingerprint density at radius 2 is 1.95 bits per heavy atom.